The Morgan fingerprint density at radius 3 is 3.06 bits per heavy atom. The second-order valence-electron chi connectivity index (χ2n) is 5.16. The molecular weight excluding hydrogens is 228 g/mol. The van der Waals surface area contributed by atoms with E-state index in [0.717, 1.165) is 50.4 Å². The summed E-state index contributed by atoms with van der Waals surface area (Å²) in [5.41, 5.74) is 7.60. The maximum atomic E-state index is 11.7. The molecule has 96 valence electrons. The van der Waals surface area contributed by atoms with Gasteiger partial charge in [-0.1, -0.05) is 0 Å². The number of carbonyl (C=O) groups excluding carboxylic acids is 1. The quantitative estimate of drug-likeness (QED) is 0.798. The molecule has 1 atom stereocenters. The highest BCUT2D eigenvalue weighted by atomic mass is 16.1. The SMILES string of the molecule is NC1CCCN(c2ncc3c(n2)CCCC3=O)C1. The summed E-state index contributed by atoms with van der Waals surface area (Å²) in [5.74, 6) is 0.914. The zero-order valence-electron chi connectivity index (χ0n) is 10.4. The van der Waals surface area contributed by atoms with Crippen molar-refractivity contribution in [2.24, 2.45) is 5.73 Å². The van der Waals surface area contributed by atoms with Crippen molar-refractivity contribution >= 4 is 11.7 Å². The third kappa shape index (κ3) is 2.10. The van der Waals surface area contributed by atoms with Crippen LogP contribution in [0, 0.1) is 0 Å². The fourth-order valence-electron chi connectivity index (χ4n) is 2.73. The van der Waals surface area contributed by atoms with Crippen LogP contribution in [-0.4, -0.2) is 34.9 Å². The van der Waals surface area contributed by atoms with Gasteiger partial charge in [-0.2, -0.15) is 0 Å². The monoisotopic (exact) mass is 246 g/mol. The number of hydrogen-bond acceptors (Lipinski definition) is 5. The van der Waals surface area contributed by atoms with Crippen LogP contribution < -0.4 is 10.6 Å². The number of ketones is 1. The molecule has 1 unspecified atom stereocenters. The maximum absolute atomic E-state index is 11.7. The van der Waals surface area contributed by atoms with E-state index in [2.05, 4.69) is 14.9 Å². The molecule has 0 radical (unpaired) electrons. The molecule has 0 aromatic carbocycles. The van der Waals surface area contributed by atoms with Crippen molar-refractivity contribution < 1.29 is 4.79 Å². The van der Waals surface area contributed by atoms with Crippen molar-refractivity contribution in [1.29, 1.82) is 0 Å². The second-order valence-corrected chi connectivity index (χ2v) is 5.16. The topological polar surface area (TPSA) is 72.1 Å². The first-order valence-corrected chi connectivity index (χ1v) is 6.63. The number of Topliss-reactive ketones (excluding diaryl/α,β-unsaturated/α-hetero) is 1. The van der Waals surface area contributed by atoms with E-state index < -0.39 is 0 Å². The van der Waals surface area contributed by atoms with Crippen molar-refractivity contribution in [3.8, 4) is 0 Å². The lowest BCUT2D eigenvalue weighted by atomic mass is 9.96. The minimum absolute atomic E-state index is 0.179. The van der Waals surface area contributed by atoms with Crippen LogP contribution in [0.25, 0.3) is 0 Å². The Morgan fingerprint density at radius 1 is 1.33 bits per heavy atom. The molecular formula is C13H18N4O. The van der Waals surface area contributed by atoms with E-state index in [0.29, 0.717) is 12.0 Å². The molecule has 2 heterocycles. The van der Waals surface area contributed by atoms with Crippen LogP contribution in [0.3, 0.4) is 0 Å². The van der Waals surface area contributed by atoms with Gasteiger partial charge in [0.05, 0.1) is 11.3 Å². The predicted molar refractivity (Wildman–Crippen MR) is 68.7 cm³/mol. The highest BCUT2D eigenvalue weighted by Gasteiger charge is 2.23. The third-order valence-corrected chi connectivity index (χ3v) is 3.71. The molecule has 2 N–H and O–H groups in total. The first-order chi connectivity index (χ1) is 8.74. The molecule has 0 spiro atoms. The Morgan fingerprint density at radius 2 is 2.22 bits per heavy atom. The van der Waals surface area contributed by atoms with Crippen molar-refractivity contribution in [2.75, 3.05) is 18.0 Å². The molecule has 1 fully saturated rings. The van der Waals surface area contributed by atoms with Gasteiger partial charge in [0, 0.05) is 31.7 Å². The Kier molecular flexibility index (Phi) is 2.99. The van der Waals surface area contributed by atoms with Crippen LogP contribution in [0.1, 0.15) is 41.7 Å². The van der Waals surface area contributed by atoms with E-state index in [-0.39, 0.29) is 11.8 Å². The predicted octanol–water partition coefficient (Wildman–Crippen LogP) is 0.923. The number of hydrogen-bond donors (Lipinski definition) is 1. The van der Waals surface area contributed by atoms with E-state index in [1.807, 2.05) is 0 Å². The van der Waals surface area contributed by atoms with E-state index in [9.17, 15) is 4.79 Å². The van der Waals surface area contributed by atoms with Crippen LogP contribution in [-0.2, 0) is 6.42 Å². The smallest absolute Gasteiger partial charge is 0.225 e. The standard InChI is InChI=1S/C13H18N4O/c14-9-3-2-6-17(8-9)13-15-7-10-11(16-13)4-1-5-12(10)18/h7,9H,1-6,8,14H2. The van der Waals surface area contributed by atoms with Gasteiger partial charge in [-0.3, -0.25) is 4.79 Å². The Hall–Kier alpha value is -1.49. The zero-order valence-corrected chi connectivity index (χ0v) is 10.4. The number of carbonyl (C=O) groups is 1. The van der Waals surface area contributed by atoms with Crippen molar-refractivity contribution in [2.45, 2.75) is 38.1 Å². The highest BCUT2D eigenvalue weighted by molar-refractivity contribution is 5.97. The zero-order chi connectivity index (χ0) is 12.5. The van der Waals surface area contributed by atoms with E-state index in [4.69, 9.17) is 5.73 Å². The number of aromatic nitrogens is 2. The number of nitrogens with zero attached hydrogens (tertiary/aromatic N) is 3. The summed E-state index contributed by atoms with van der Waals surface area (Å²) < 4.78 is 0. The average Bonchev–Trinajstić information content (AvgIpc) is 2.39. The third-order valence-electron chi connectivity index (χ3n) is 3.71. The summed E-state index contributed by atoms with van der Waals surface area (Å²) in [4.78, 5) is 22.7. The van der Waals surface area contributed by atoms with Crippen LogP contribution >= 0.6 is 0 Å². The van der Waals surface area contributed by atoms with Gasteiger partial charge in [0.2, 0.25) is 5.95 Å². The van der Waals surface area contributed by atoms with Crippen molar-refractivity contribution in [1.82, 2.24) is 9.97 Å². The molecule has 1 saturated heterocycles. The van der Waals surface area contributed by atoms with Gasteiger partial charge in [-0.05, 0) is 25.7 Å². The van der Waals surface area contributed by atoms with Crippen LogP contribution in [0.2, 0.25) is 0 Å². The molecule has 0 amide bonds. The molecule has 5 nitrogen and oxygen atoms in total. The van der Waals surface area contributed by atoms with Gasteiger partial charge in [-0.25, -0.2) is 9.97 Å². The summed E-state index contributed by atoms with van der Waals surface area (Å²) in [7, 11) is 0. The average molecular weight is 246 g/mol. The van der Waals surface area contributed by atoms with Gasteiger partial charge in [0.25, 0.3) is 0 Å². The molecule has 3 rings (SSSR count). The first-order valence-electron chi connectivity index (χ1n) is 6.63. The Balaban J connectivity index is 1.87. The second kappa shape index (κ2) is 4.65. The molecule has 1 aliphatic heterocycles. The van der Waals surface area contributed by atoms with Crippen molar-refractivity contribution in [3.05, 3.63) is 17.5 Å². The van der Waals surface area contributed by atoms with Crippen LogP contribution in [0.5, 0.6) is 0 Å². The van der Waals surface area contributed by atoms with Gasteiger partial charge >= 0.3 is 0 Å². The molecule has 0 bridgehead atoms. The summed E-state index contributed by atoms with van der Waals surface area (Å²) in [6.07, 6.45) is 6.27. The molecule has 1 aromatic heterocycles. The van der Waals surface area contributed by atoms with Crippen LogP contribution in [0.15, 0.2) is 6.20 Å². The molecule has 2 aliphatic rings. The number of fused-ring (bicyclic) bond motifs is 1. The fourth-order valence-corrected chi connectivity index (χ4v) is 2.73. The normalized spacial score (nSPS) is 23.9. The fraction of sp³-hybridized carbons (Fsp3) is 0.615. The summed E-state index contributed by atoms with van der Waals surface area (Å²) in [6.45, 7) is 1.77. The molecule has 0 saturated carbocycles. The number of rotatable bonds is 1. The summed E-state index contributed by atoms with van der Waals surface area (Å²) in [6, 6.07) is 0.208. The number of piperidine rings is 1. The number of anilines is 1. The van der Waals surface area contributed by atoms with E-state index in [1.165, 1.54) is 0 Å². The molecule has 1 aliphatic carbocycles. The Bertz CT molecular complexity index is 474. The minimum Gasteiger partial charge on any atom is -0.339 e. The summed E-state index contributed by atoms with van der Waals surface area (Å²) in [5, 5.41) is 0. The van der Waals surface area contributed by atoms with Gasteiger partial charge in [0.15, 0.2) is 5.78 Å². The highest BCUT2D eigenvalue weighted by Crippen LogP contribution is 2.22. The molecule has 18 heavy (non-hydrogen) atoms. The van der Waals surface area contributed by atoms with Crippen LogP contribution in [0.4, 0.5) is 5.95 Å². The Labute approximate surface area is 106 Å². The van der Waals surface area contributed by atoms with E-state index in [1.54, 1.807) is 6.20 Å². The van der Waals surface area contributed by atoms with Crippen molar-refractivity contribution in [3.63, 3.8) is 0 Å². The largest absolute Gasteiger partial charge is 0.339 e. The van der Waals surface area contributed by atoms with Gasteiger partial charge < -0.3 is 10.6 Å². The minimum atomic E-state index is 0.179. The molecule has 5 heteroatoms. The van der Waals surface area contributed by atoms with E-state index >= 15 is 0 Å². The maximum Gasteiger partial charge on any atom is 0.225 e. The lowest BCUT2D eigenvalue weighted by molar-refractivity contribution is 0.0971. The van der Waals surface area contributed by atoms with Gasteiger partial charge in [0.1, 0.15) is 0 Å². The number of nitrogens with two attached hydrogens (primary N) is 1. The number of aryl methyl sites for hydroxylation is 1. The lowest BCUT2D eigenvalue weighted by Gasteiger charge is -2.31. The summed E-state index contributed by atoms with van der Waals surface area (Å²) >= 11 is 0. The molecule has 1 aromatic rings. The van der Waals surface area contributed by atoms with Gasteiger partial charge in [-0.15, -0.1) is 0 Å². The lowest BCUT2D eigenvalue weighted by Crippen LogP contribution is -2.43. The first kappa shape index (κ1) is 11.6.